The molecule has 2 unspecified atom stereocenters. The number of rotatable bonds is 8. The molecule has 0 radical (unpaired) electrons. The number of thioether (sulfide) groups is 1. The van der Waals surface area contributed by atoms with Crippen LogP contribution in [0.3, 0.4) is 0 Å². The van der Waals surface area contributed by atoms with E-state index in [0.717, 1.165) is 35.1 Å². The minimum atomic E-state index is -0.918. The van der Waals surface area contributed by atoms with Crippen molar-refractivity contribution in [3.8, 4) is 0 Å². The number of β-lactam (4-membered cyclic amide) rings is 1. The molecule has 0 saturated carbocycles. The number of ether oxygens (including phenoxy) is 2. The number of amides is 2. The first-order valence-electron chi connectivity index (χ1n) is 13.5. The quantitative estimate of drug-likeness (QED) is 0.328. The highest BCUT2D eigenvalue weighted by Crippen LogP contribution is 2.43. The maximum Gasteiger partial charge on any atom is 0.334 e. The third-order valence-electron chi connectivity index (χ3n) is 7.50. The van der Waals surface area contributed by atoms with Crippen LogP contribution in [0.2, 0.25) is 0 Å². The van der Waals surface area contributed by atoms with Gasteiger partial charge < -0.3 is 19.7 Å². The Morgan fingerprint density at radius 2 is 1.57 bits per heavy atom. The summed E-state index contributed by atoms with van der Waals surface area (Å²) in [6, 6.07) is 26.9. The van der Waals surface area contributed by atoms with Crippen LogP contribution >= 0.6 is 11.8 Å². The summed E-state index contributed by atoms with van der Waals surface area (Å²) in [5.74, 6) is -1.03. The van der Waals surface area contributed by atoms with Gasteiger partial charge in [-0.05, 0) is 40.5 Å². The number of fused-ring (bicyclic) bond motifs is 1. The Morgan fingerprint density at radius 1 is 0.950 bits per heavy atom. The van der Waals surface area contributed by atoms with E-state index in [4.69, 9.17) is 9.47 Å². The molecule has 2 fully saturated rings. The number of carbonyl (C=O) groups excluding carboxylic acids is 3. The van der Waals surface area contributed by atoms with Gasteiger partial charge in [0.2, 0.25) is 11.8 Å². The first-order chi connectivity index (χ1) is 19.6. The lowest BCUT2D eigenvalue weighted by molar-refractivity contribution is -0.166. The van der Waals surface area contributed by atoms with E-state index in [1.54, 1.807) is 4.90 Å². The Bertz CT molecular complexity index is 1350. The van der Waals surface area contributed by atoms with Gasteiger partial charge in [0.05, 0.1) is 12.5 Å². The fraction of sp³-hybridized carbons (Fsp3) is 0.281. The van der Waals surface area contributed by atoms with Crippen LogP contribution in [0.15, 0.2) is 102 Å². The van der Waals surface area contributed by atoms with Gasteiger partial charge in [0.25, 0.3) is 0 Å². The molecule has 3 aliphatic rings. The zero-order valence-electron chi connectivity index (χ0n) is 21.8. The minimum absolute atomic E-state index is 0.181. The molecule has 3 aromatic carbocycles. The molecule has 2 amide bonds. The Balaban J connectivity index is 1.25. The number of hydrogen-bond acceptors (Lipinski definition) is 6. The van der Waals surface area contributed by atoms with Gasteiger partial charge in [0, 0.05) is 6.61 Å². The van der Waals surface area contributed by atoms with Crippen molar-refractivity contribution < 1.29 is 23.9 Å². The molecule has 3 heterocycles. The first-order valence-corrected chi connectivity index (χ1v) is 14.5. The molecular formula is C32H30N2O5S. The van der Waals surface area contributed by atoms with Crippen LogP contribution in [0.1, 0.15) is 35.6 Å². The third kappa shape index (κ3) is 5.29. The van der Waals surface area contributed by atoms with Gasteiger partial charge in [0.15, 0.2) is 12.1 Å². The van der Waals surface area contributed by atoms with Gasteiger partial charge in [-0.1, -0.05) is 91.0 Å². The Morgan fingerprint density at radius 3 is 2.17 bits per heavy atom. The number of nitrogens with one attached hydrogen (secondary N) is 1. The molecule has 2 saturated heterocycles. The summed E-state index contributed by atoms with van der Waals surface area (Å²) in [4.78, 5) is 41.9. The van der Waals surface area contributed by atoms with E-state index in [0.29, 0.717) is 6.61 Å². The van der Waals surface area contributed by atoms with E-state index in [-0.39, 0.29) is 24.3 Å². The van der Waals surface area contributed by atoms with Gasteiger partial charge in [-0.2, -0.15) is 0 Å². The first kappa shape index (κ1) is 26.3. The van der Waals surface area contributed by atoms with Gasteiger partial charge in [-0.3, -0.25) is 9.59 Å². The molecule has 7 nitrogen and oxygen atoms in total. The molecular weight excluding hydrogens is 524 g/mol. The van der Waals surface area contributed by atoms with Gasteiger partial charge in [-0.15, -0.1) is 11.8 Å². The summed E-state index contributed by atoms with van der Waals surface area (Å²) in [6.45, 7) is 0.612. The maximum atomic E-state index is 14.0. The van der Waals surface area contributed by atoms with Crippen LogP contribution in [0.25, 0.3) is 0 Å². The Kier molecular flexibility index (Phi) is 7.71. The zero-order chi connectivity index (χ0) is 27.5. The van der Waals surface area contributed by atoms with Crippen LogP contribution in [0, 0.1) is 0 Å². The lowest BCUT2D eigenvalue weighted by Crippen LogP contribution is -2.74. The molecule has 204 valence electrons. The van der Waals surface area contributed by atoms with Crippen molar-refractivity contribution in [2.75, 3.05) is 6.61 Å². The predicted octanol–water partition coefficient (Wildman–Crippen LogP) is 4.39. The van der Waals surface area contributed by atoms with Crippen LogP contribution < -0.4 is 5.32 Å². The minimum Gasteiger partial charge on any atom is -0.451 e. The highest BCUT2D eigenvalue weighted by molar-refractivity contribution is 8.03. The van der Waals surface area contributed by atoms with Gasteiger partial charge in [-0.25, -0.2) is 4.79 Å². The average molecular weight is 555 g/mol. The number of nitrogens with zero attached hydrogens (tertiary/aromatic N) is 1. The largest absolute Gasteiger partial charge is 0.451 e. The average Bonchev–Trinajstić information content (AvgIpc) is 3.54. The lowest BCUT2D eigenvalue weighted by atomic mass is 9.93. The van der Waals surface area contributed by atoms with Crippen molar-refractivity contribution in [3.63, 3.8) is 0 Å². The summed E-state index contributed by atoms with van der Waals surface area (Å²) < 4.78 is 12.2. The van der Waals surface area contributed by atoms with Crippen molar-refractivity contribution in [1.29, 1.82) is 0 Å². The fourth-order valence-corrected chi connectivity index (χ4v) is 6.80. The number of hydrogen-bond donors (Lipinski definition) is 1. The predicted molar refractivity (Wildman–Crippen MR) is 152 cm³/mol. The van der Waals surface area contributed by atoms with Crippen molar-refractivity contribution in [2.24, 2.45) is 0 Å². The molecule has 3 aliphatic heterocycles. The third-order valence-corrected chi connectivity index (χ3v) is 8.69. The molecule has 0 spiro atoms. The van der Waals surface area contributed by atoms with E-state index in [2.05, 4.69) is 5.32 Å². The molecule has 40 heavy (non-hydrogen) atoms. The smallest absolute Gasteiger partial charge is 0.334 e. The molecule has 0 bridgehead atoms. The van der Waals surface area contributed by atoms with Crippen molar-refractivity contribution in [3.05, 3.63) is 119 Å². The van der Waals surface area contributed by atoms with E-state index >= 15 is 0 Å². The monoisotopic (exact) mass is 554 g/mol. The lowest BCUT2D eigenvalue weighted by Gasteiger charge is -2.52. The molecule has 0 aliphatic carbocycles. The summed E-state index contributed by atoms with van der Waals surface area (Å²) in [5.41, 5.74) is 3.29. The van der Waals surface area contributed by atoms with E-state index in [1.807, 2.05) is 96.4 Å². The summed E-state index contributed by atoms with van der Waals surface area (Å²) in [7, 11) is 0. The zero-order valence-corrected chi connectivity index (χ0v) is 22.7. The fourth-order valence-electron chi connectivity index (χ4n) is 5.52. The van der Waals surface area contributed by atoms with Crippen LogP contribution in [-0.2, 0) is 30.3 Å². The van der Waals surface area contributed by atoms with E-state index < -0.39 is 29.5 Å². The molecule has 6 rings (SSSR count). The topological polar surface area (TPSA) is 84.9 Å². The van der Waals surface area contributed by atoms with Gasteiger partial charge in [0.1, 0.15) is 11.4 Å². The maximum absolute atomic E-state index is 14.0. The molecule has 1 N–H and O–H groups in total. The van der Waals surface area contributed by atoms with E-state index in [1.165, 1.54) is 11.8 Å². The second kappa shape index (κ2) is 11.7. The van der Waals surface area contributed by atoms with Crippen LogP contribution in [0.5, 0.6) is 0 Å². The SMILES string of the molecule is O=C(Cc1ccccc1)N[C@@H]1C(=O)N2C(C(=O)OC(c3ccccc3)c3ccccc3)C(C3CCCO3)=CS[C@H]12. The van der Waals surface area contributed by atoms with Crippen LogP contribution in [-0.4, -0.2) is 52.9 Å². The van der Waals surface area contributed by atoms with Crippen molar-refractivity contribution in [1.82, 2.24) is 10.2 Å². The molecule has 4 atom stereocenters. The van der Waals surface area contributed by atoms with Crippen molar-refractivity contribution in [2.45, 2.75) is 48.9 Å². The number of carbonyl (C=O) groups is 3. The second-order valence-corrected chi connectivity index (χ2v) is 11.1. The summed E-state index contributed by atoms with van der Waals surface area (Å²) in [6.07, 6.45) is 0.964. The van der Waals surface area contributed by atoms with Crippen molar-refractivity contribution >= 4 is 29.5 Å². The summed E-state index contributed by atoms with van der Waals surface area (Å²) >= 11 is 1.44. The Hall–Kier alpha value is -3.88. The van der Waals surface area contributed by atoms with Crippen LogP contribution in [0.4, 0.5) is 0 Å². The number of esters is 1. The normalized spacial score (nSPS) is 23.7. The highest BCUT2D eigenvalue weighted by Gasteiger charge is 2.57. The molecule has 0 aromatic heterocycles. The highest BCUT2D eigenvalue weighted by atomic mass is 32.2. The second-order valence-electron chi connectivity index (χ2n) is 10.1. The summed E-state index contributed by atoms with van der Waals surface area (Å²) in [5, 5.41) is 4.42. The van der Waals surface area contributed by atoms with E-state index in [9.17, 15) is 14.4 Å². The Labute approximate surface area is 237 Å². The molecule has 8 heteroatoms. The number of benzene rings is 3. The molecule has 3 aromatic rings. The van der Waals surface area contributed by atoms with Gasteiger partial charge >= 0.3 is 5.97 Å². The standard InChI is InChI=1S/C32H30N2O5S/c35-26(19-21-11-4-1-5-12-21)33-27-30(36)34-28(24(20-40-31(27)34)25-17-10-18-38-25)32(37)39-29(22-13-6-2-7-14-22)23-15-8-3-9-16-23/h1-9,11-16,20,25,27-29,31H,10,17-19H2,(H,33,35)/t25?,27-,28?,31-/m1/s1.